The number of carbonyl (C=O) groups is 1. The van der Waals surface area contributed by atoms with Gasteiger partial charge in [0, 0.05) is 19.1 Å². The Kier molecular flexibility index (Phi) is 5.34. The van der Waals surface area contributed by atoms with Gasteiger partial charge in [-0.05, 0) is 56.7 Å². The minimum Gasteiger partial charge on any atom is -0.351 e. The van der Waals surface area contributed by atoms with Crippen LogP contribution >= 0.6 is 0 Å². The van der Waals surface area contributed by atoms with E-state index in [1.165, 1.54) is 12.1 Å². The molecule has 0 spiro atoms. The number of halogens is 2. The van der Waals surface area contributed by atoms with Gasteiger partial charge in [0.1, 0.15) is 5.69 Å². The van der Waals surface area contributed by atoms with E-state index in [1.807, 2.05) is 18.7 Å². The lowest BCUT2D eigenvalue weighted by molar-refractivity contribution is -0.117. The van der Waals surface area contributed by atoms with Crippen molar-refractivity contribution in [3.05, 3.63) is 41.6 Å². The first-order valence-corrected chi connectivity index (χ1v) is 10.1. The van der Waals surface area contributed by atoms with Crippen molar-refractivity contribution in [2.24, 2.45) is 5.92 Å². The third-order valence-corrected chi connectivity index (χ3v) is 5.74. The molecule has 0 atom stereocenters. The number of amides is 1. The standard InChI is InChI=1S/C21H25F2N5O/c1-3-27-12-19(29)28(4-2)18-11-24-21(26-20(18)27)25-15-8-14(9-15)7-13-5-6-16(22)17(23)10-13/h5-6,10-11,14-15H,3-4,7-9,12H2,1-2H3,(H,24,25,26). The molecule has 154 valence electrons. The summed E-state index contributed by atoms with van der Waals surface area (Å²) in [5.74, 6) is 0.225. The van der Waals surface area contributed by atoms with Crippen molar-refractivity contribution in [1.29, 1.82) is 0 Å². The van der Waals surface area contributed by atoms with Gasteiger partial charge in [-0.3, -0.25) is 4.79 Å². The van der Waals surface area contributed by atoms with Crippen molar-refractivity contribution in [2.75, 3.05) is 34.8 Å². The molecule has 29 heavy (non-hydrogen) atoms. The van der Waals surface area contributed by atoms with Gasteiger partial charge in [-0.25, -0.2) is 13.8 Å². The number of nitrogens with zero attached hydrogens (tertiary/aromatic N) is 4. The van der Waals surface area contributed by atoms with E-state index in [2.05, 4.69) is 15.3 Å². The molecule has 2 heterocycles. The van der Waals surface area contributed by atoms with Crippen LogP contribution in [0.15, 0.2) is 24.4 Å². The summed E-state index contributed by atoms with van der Waals surface area (Å²) in [5.41, 5.74) is 1.57. The number of hydrogen-bond acceptors (Lipinski definition) is 5. The van der Waals surface area contributed by atoms with Crippen molar-refractivity contribution in [2.45, 2.75) is 39.2 Å². The molecule has 1 N–H and O–H groups in total. The average molecular weight is 401 g/mol. The van der Waals surface area contributed by atoms with E-state index >= 15 is 0 Å². The first-order chi connectivity index (χ1) is 14.0. The molecule has 1 aromatic heterocycles. The molecule has 0 saturated heterocycles. The molecule has 6 nitrogen and oxygen atoms in total. The molecule has 1 saturated carbocycles. The number of aromatic nitrogens is 2. The van der Waals surface area contributed by atoms with Gasteiger partial charge in [-0.2, -0.15) is 4.98 Å². The second-order valence-corrected chi connectivity index (χ2v) is 7.69. The predicted molar refractivity (Wildman–Crippen MR) is 108 cm³/mol. The van der Waals surface area contributed by atoms with Gasteiger partial charge in [0.05, 0.1) is 12.7 Å². The smallest absolute Gasteiger partial charge is 0.246 e. The van der Waals surface area contributed by atoms with Crippen LogP contribution in [0.4, 0.5) is 26.2 Å². The molecule has 8 heteroatoms. The van der Waals surface area contributed by atoms with Crippen LogP contribution < -0.4 is 15.1 Å². The van der Waals surface area contributed by atoms with Crippen LogP contribution in [0.1, 0.15) is 32.3 Å². The summed E-state index contributed by atoms with van der Waals surface area (Å²) >= 11 is 0. The Bertz CT molecular complexity index is 916. The Morgan fingerprint density at radius 2 is 1.97 bits per heavy atom. The highest BCUT2D eigenvalue weighted by Gasteiger charge is 2.32. The van der Waals surface area contributed by atoms with Crippen LogP contribution in [0.2, 0.25) is 0 Å². The van der Waals surface area contributed by atoms with Crippen molar-refractivity contribution in [3.63, 3.8) is 0 Å². The number of hydrogen-bond donors (Lipinski definition) is 1. The van der Waals surface area contributed by atoms with E-state index in [9.17, 15) is 13.6 Å². The molecule has 1 fully saturated rings. The maximum Gasteiger partial charge on any atom is 0.246 e. The maximum absolute atomic E-state index is 13.4. The molecule has 0 bridgehead atoms. The molecule has 1 amide bonds. The van der Waals surface area contributed by atoms with E-state index < -0.39 is 11.6 Å². The monoisotopic (exact) mass is 401 g/mol. The fraction of sp³-hybridized carbons (Fsp3) is 0.476. The van der Waals surface area contributed by atoms with Gasteiger partial charge in [-0.15, -0.1) is 0 Å². The van der Waals surface area contributed by atoms with Crippen molar-refractivity contribution >= 4 is 23.4 Å². The van der Waals surface area contributed by atoms with Gasteiger partial charge in [0.25, 0.3) is 0 Å². The molecular formula is C21H25F2N5O. The maximum atomic E-state index is 13.4. The lowest BCUT2D eigenvalue weighted by atomic mass is 9.76. The molecule has 1 aromatic carbocycles. The first kappa shape index (κ1) is 19.5. The van der Waals surface area contributed by atoms with E-state index in [1.54, 1.807) is 17.2 Å². The second-order valence-electron chi connectivity index (χ2n) is 7.69. The number of carbonyl (C=O) groups excluding carboxylic acids is 1. The molecule has 4 rings (SSSR count). The highest BCUT2D eigenvalue weighted by Crippen LogP contribution is 2.35. The number of likely N-dealkylation sites (N-methyl/N-ethyl adjacent to an activating group) is 2. The normalized spacial score (nSPS) is 21.0. The number of fused-ring (bicyclic) bond motifs is 1. The Hall–Kier alpha value is -2.77. The minimum atomic E-state index is -0.809. The fourth-order valence-corrected chi connectivity index (χ4v) is 4.13. The Morgan fingerprint density at radius 3 is 2.66 bits per heavy atom. The SMILES string of the molecule is CCN1CC(=O)N(CC)c2cnc(NC3CC(Cc4ccc(F)c(F)c4)C3)nc21. The van der Waals surface area contributed by atoms with Gasteiger partial charge in [0.15, 0.2) is 17.5 Å². The van der Waals surface area contributed by atoms with Crippen LogP contribution in [0.5, 0.6) is 0 Å². The van der Waals surface area contributed by atoms with Gasteiger partial charge in [0.2, 0.25) is 11.9 Å². The second kappa shape index (κ2) is 7.93. The zero-order valence-electron chi connectivity index (χ0n) is 16.7. The number of benzene rings is 1. The molecule has 0 radical (unpaired) electrons. The van der Waals surface area contributed by atoms with Crippen LogP contribution in [0, 0.1) is 17.6 Å². The molecule has 2 aliphatic rings. The third kappa shape index (κ3) is 3.88. The van der Waals surface area contributed by atoms with E-state index in [0.29, 0.717) is 31.5 Å². The van der Waals surface area contributed by atoms with E-state index in [4.69, 9.17) is 0 Å². The van der Waals surface area contributed by atoms with Crippen LogP contribution in [0.25, 0.3) is 0 Å². The summed E-state index contributed by atoms with van der Waals surface area (Å²) in [6.45, 7) is 5.56. The van der Waals surface area contributed by atoms with Crippen molar-refractivity contribution in [1.82, 2.24) is 9.97 Å². The van der Waals surface area contributed by atoms with Crippen molar-refractivity contribution in [3.8, 4) is 0 Å². The van der Waals surface area contributed by atoms with E-state index in [-0.39, 0.29) is 11.9 Å². The third-order valence-electron chi connectivity index (χ3n) is 5.74. The predicted octanol–water partition coefficient (Wildman–Crippen LogP) is 3.38. The molecule has 1 aliphatic heterocycles. The summed E-state index contributed by atoms with van der Waals surface area (Å²) in [5, 5.41) is 3.37. The van der Waals surface area contributed by atoms with Gasteiger partial charge >= 0.3 is 0 Å². The summed E-state index contributed by atoms with van der Waals surface area (Å²) in [4.78, 5) is 25.0. The van der Waals surface area contributed by atoms with Gasteiger partial charge < -0.3 is 15.1 Å². The lowest BCUT2D eigenvalue weighted by Gasteiger charge is -2.37. The molecule has 1 aliphatic carbocycles. The largest absolute Gasteiger partial charge is 0.351 e. The zero-order valence-corrected chi connectivity index (χ0v) is 16.7. The summed E-state index contributed by atoms with van der Waals surface area (Å²) in [6.07, 6.45) is 4.30. The highest BCUT2D eigenvalue weighted by molar-refractivity contribution is 6.02. The molecular weight excluding hydrogens is 376 g/mol. The Labute approximate surface area is 168 Å². The Morgan fingerprint density at radius 1 is 1.17 bits per heavy atom. The summed E-state index contributed by atoms with van der Waals surface area (Å²) < 4.78 is 26.4. The Balaban J connectivity index is 1.39. The number of rotatable bonds is 6. The van der Waals surface area contributed by atoms with Crippen LogP contribution in [-0.2, 0) is 11.2 Å². The topological polar surface area (TPSA) is 61.4 Å². The average Bonchev–Trinajstić information content (AvgIpc) is 2.68. The van der Waals surface area contributed by atoms with Crippen molar-refractivity contribution < 1.29 is 13.6 Å². The summed E-state index contributed by atoms with van der Waals surface area (Å²) in [7, 11) is 0. The molecule has 0 unspecified atom stereocenters. The van der Waals surface area contributed by atoms with E-state index in [0.717, 1.165) is 36.3 Å². The fourth-order valence-electron chi connectivity index (χ4n) is 4.13. The van der Waals surface area contributed by atoms with Crippen LogP contribution in [-0.4, -0.2) is 41.6 Å². The first-order valence-electron chi connectivity index (χ1n) is 10.1. The van der Waals surface area contributed by atoms with Gasteiger partial charge in [-0.1, -0.05) is 6.07 Å². The lowest BCUT2D eigenvalue weighted by Crippen LogP contribution is -2.46. The van der Waals surface area contributed by atoms with Crippen LogP contribution in [0.3, 0.4) is 0 Å². The zero-order chi connectivity index (χ0) is 20.5. The quantitative estimate of drug-likeness (QED) is 0.804. The summed E-state index contributed by atoms with van der Waals surface area (Å²) in [6, 6.07) is 4.37. The number of nitrogens with one attached hydrogen (secondary N) is 1. The molecule has 2 aromatic rings. The number of anilines is 3. The minimum absolute atomic E-state index is 0.0604. The highest BCUT2D eigenvalue weighted by atomic mass is 19.2.